The highest BCUT2D eigenvalue weighted by molar-refractivity contribution is 5.88. The molecule has 0 saturated heterocycles. The number of rotatable bonds is 6. The molecule has 2 aromatic carbocycles. The lowest BCUT2D eigenvalue weighted by Gasteiger charge is -2.20. The van der Waals surface area contributed by atoms with Crippen molar-refractivity contribution in [3.8, 4) is 0 Å². The van der Waals surface area contributed by atoms with Gasteiger partial charge in [-0.05, 0) is 22.4 Å². The first-order valence-electron chi connectivity index (χ1n) is 8.45. The van der Waals surface area contributed by atoms with Crippen LogP contribution in [-0.2, 0) is 14.4 Å². The number of hydrogen-bond donors (Lipinski definition) is 3. The maximum Gasteiger partial charge on any atom is 0.305 e. The monoisotopic (exact) mass is 356 g/mol. The number of fused-ring (bicyclic) bond motifs is 1. The molecular formula is C20H24N2O4. The molecule has 26 heavy (non-hydrogen) atoms. The van der Waals surface area contributed by atoms with E-state index in [1.54, 1.807) is 20.8 Å². The molecule has 0 aliphatic heterocycles. The van der Waals surface area contributed by atoms with Gasteiger partial charge in [0, 0.05) is 5.41 Å². The molecule has 0 heterocycles. The van der Waals surface area contributed by atoms with Gasteiger partial charge in [-0.25, -0.2) is 0 Å². The van der Waals surface area contributed by atoms with Crippen LogP contribution in [0.15, 0.2) is 42.5 Å². The number of benzene rings is 2. The maximum absolute atomic E-state index is 12.2. The number of carbonyl (C=O) groups is 3. The van der Waals surface area contributed by atoms with Gasteiger partial charge in [-0.1, -0.05) is 57.2 Å². The second-order valence-corrected chi connectivity index (χ2v) is 7.26. The van der Waals surface area contributed by atoms with Crippen LogP contribution >= 0.6 is 0 Å². The highest BCUT2D eigenvalue weighted by Crippen LogP contribution is 2.22. The fourth-order valence-corrected chi connectivity index (χ4v) is 2.52. The Balaban J connectivity index is 2.12. The Morgan fingerprint density at radius 1 is 1.04 bits per heavy atom. The van der Waals surface area contributed by atoms with Crippen LogP contribution < -0.4 is 10.6 Å². The SMILES string of the molecule is CC(C)(C)C(=O)NCC(=O)N[C@@H](CC(=O)O)c1ccc2ccccc2c1. The molecule has 0 fully saturated rings. The lowest BCUT2D eigenvalue weighted by atomic mass is 9.96. The van der Waals surface area contributed by atoms with Crippen molar-refractivity contribution >= 4 is 28.6 Å². The number of carboxylic acids is 1. The maximum atomic E-state index is 12.2. The van der Waals surface area contributed by atoms with E-state index in [0.717, 1.165) is 10.8 Å². The standard InChI is InChI=1S/C20H24N2O4/c1-20(2,3)19(26)21-12-17(23)22-16(11-18(24)25)15-9-8-13-6-4-5-7-14(13)10-15/h4-10,16H,11-12H2,1-3H3,(H,21,26)(H,22,23)(H,24,25)/t16-/m0/s1. The summed E-state index contributed by atoms with van der Waals surface area (Å²) in [4.78, 5) is 35.3. The number of carboxylic acid groups (broad SMARTS) is 1. The highest BCUT2D eigenvalue weighted by Gasteiger charge is 2.23. The predicted molar refractivity (Wildman–Crippen MR) is 99.5 cm³/mol. The summed E-state index contributed by atoms with van der Waals surface area (Å²) in [5, 5.41) is 16.4. The van der Waals surface area contributed by atoms with Gasteiger partial charge in [0.2, 0.25) is 11.8 Å². The summed E-state index contributed by atoms with van der Waals surface area (Å²) >= 11 is 0. The minimum atomic E-state index is -1.01. The number of nitrogens with one attached hydrogen (secondary N) is 2. The second kappa shape index (κ2) is 7.99. The van der Waals surface area contributed by atoms with E-state index in [2.05, 4.69) is 10.6 Å². The number of amides is 2. The number of carbonyl (C=O) groups excluding carboxylic acids is 2. The average molecular weight is 356 g/mol. The first-order chi connectivity index (χ1) is 12.2. The van der Waals surface area contributed by atoms with E-state index in [1.165, 1.54) is 0 Å². The minimum Gasteiger partial charge on any atom is -0.481 e. The third-order valence-electron chi connectivity index (χ3n) is 3.98. The Hall–Kier alpha value is -2.89. The van der Waals surface area contributed by atoms with Crippen LogP contribution in [0, 0.1) is 5.41 Å². The summed E-state index contributed by atoms with van der Waals surface area (Å²) < 4.78 is 0. The summed E-state index contributed by atoms with van der Waals surface area (Å²) in [6.07, 6.45) is -0.239. The largest absolute Gasteiger partial charge is 0.481 e. The van der Waals surface area contributed by atoms with Gasteiger partial charge in [-0.15, -0.1) is 0 Å². The zero-order chi connectivity index (χ0) is 19.3. The van der Waals surface area contributed by atoms with Gasteiger partial charge >= 0.3 is 5.97 Å². The minimum absolute atomic E-state index is 0.195. The summed E-state index contributed by atoms with van der Waals surface area (Å²) in [5.41, 5.74) is 0.112. The van der Waals surface area contributed by atoms with Gasteiger partial charge in [0.15, 0.2) is 0 Å². The van der Waals surface area contributed by atoms with E-state index < -0.39 is 23.3 Å². The molecule has 0 aromatic heterocycles. The van der Waals surface area contributed by atoms with Crippen molar-refractivity contribution in [1.82, 2.24) is 10.6 Å². The van der Waals surface area contributed by atoms with E-state index in [9.17, 15) is 19.5 Å². The molecule has 0 bridgehead atoms. The molecule has 0 aliphatic rings. The van der Waals surface area contributed by atoms with Crippen LogP contribution in [0.4, 0.5) is 0 Å². The lowest BCUT2D eigenvalue weighted by molar-refractivity contribution is -0.138. The normalized spacial score (nSPS) is 12.4. The van der Waals surface area contributed by atoms with Crippen LogP contribution in [-0.4, -0.2) is 29.4 Å². The van der Waals surface area contributed by atoms with Crippen molar-refractivity contribution in [2.75, 3.05) is 6.54 Å². The van der Waals surface area contributed by atoms with Gasteiger partial charge in [-0.3, -0.25) is 14.4 Å². The molecule has 0 spiro atoms. The van der Waals surface area contributed by atoms with Crippen LogP contribution in [0.25, 0.3) is 10.8 Å². The molecule has 2 aromatic rings. The summed E-state index contributed by atoms with van der Waals surface area (Å²) in [6, 6.07) is 12.6. The summed E-state index contributed by atoms with van der Waals surface area (Å²) in [5.74, 6) is -1.68. The van der Waals surface area contributed by atoms with Gasteiger partial charge in [0.25, 0.3) is 0 Å². The van der Waals surface area contributed by atoms with Crippen molar-refractivity contribution in [1.29, 1.82) is 0 Å². The lowest BCUT2D eigenvalue weighted by Crippen LogP contribution is -2.42. The quantitative estimate of drug-likeness (QED) is 0.741. The van der Waals surface area contributed by atoms with Gasteiger partial charge < -0.3 is 15.7 Å². The van der Waals surface area contributed by atoms with E-state index >= 15 is 0 Å². The molecule has 2 amide bonds. The molecule has 1 atom stereocenters. The van der Waals surface area contributed by atoms with Crippen molar-refractivity contribution in [2.24, 2.45) is 5.41 Å². The molecule has 6 nitrogen and oxygen atoms in total. The Morgan fingerprint density at radius 2 is 1.69 bits per heavy atom. The van der Waals surface area contributed by atoms with E-state index in [-0.39, 0.29) is 18.9 Å². The van der Waals surface area contributed by atoms with Crippen LogP contribution in [0.3, 0.4) is 0 Å². The highest BCUT2D eigenvalue weighted by atomic mass is 16.4. The molecular weight excluding hydrogens is 332 g/mol. The molecule has 0 unspecified atom stereocenters. The van der Waals surface area contributed by atoms with Crippen LogP contribution in [0.5, 0.6) is 0 Å². The average Bonchev–Trinajstić information content (AvgIpc) is 2.57. The summed E-state index contributed by atoms with van der Waals surface area (Å²) in [7, 11) is 0. The van der Waals surface area contributed by atoms with Crippen molar-refractivity contribution in [3.63, 3.8) is 0 Å². The topological polar surface area (TPSA) is 95.5 Å². The fraction of sp³-hybridized carbons (Fsp3) is 0.350. The van der Waals surface area contributed by atoms with Crippen molar-refractivity contribution in [2.45, 2.75) is 33.2 Å². The smallest absolute Gasteiger partial charge is 0.305 e. The Labute approximate surface area is 152 Å². The Bertz CT molecular complexity index is 824. The van der Waals surface area contributed by atoms with Crippen LogP contribution in [0.2, 0.25) is 0 Å². The molecule has 6 heteroatoms. The van der Waals surface area contributed by atoms with E-state index in [1.807, 2.05) is 42.5 Å². The zero-order valence-corrected chi connectivity index (χ0v) is 15.2. The Morgan fingerprint density at radius 3 is 2.31 bits per heavy atom. The fourth-order valence-electron chi connectivity index (χ4n) is 2.52. The molecule has 0 saturated carbocycles. The van der Waals surface area contributed by atoms with Crippen molar-refractivity contribution < 1.29 is 19.5 Å². The third-order valence-corrected chi connectivity index (χ3v) is 3.98. The Kier molecular flexibility index (Phi) is 5.97. The first kappa shape index (κ1) is 19.4. The van der Waals surface area contributed by atoms with Gasteiger partial charge in [0.05, 0.1) is 19.0 Å². The molecule has 2 rings (SSSR count). The van der Waals surface area contributed by atoms with E-state index in [4.69, 9.17) is 0 Å². The molecule has 3 N–H and O–H groups in total. The summed E-state index contributed by atoms with van der Waals surface area (Å²) in [6.45, 7) is 5.06. The number of hydrogen-bond acceptors (Lipinski definition) is 3. The molecule has 0 aliphatic carbocycles. The van der Waals surface area contributed by atoms with Gasteiger partial charge in [-0.2, -0.15) is 0 Å². The zero-order valence-electron chi connectivity index (χ0n) is 15.2. The van der Waals surface area contributed by atoms with Crippen molar-refractivity contribution in [3.05, 3.63) is 48.0 Å². The van der Waals surface area contributed by atoms with E-state index in [0.29, 0.717) is 5.56 Å². The predicted octanol–water partition coefficient (Wildman–Crippen LogP) is 2.63. The molecule has 138 valence electrons. The number of aliphatic carboxylic acids is 1. The van der Waals surface area contributed by atoms with Gasteiger partial charge in [0.1, 0.15) is 0 Å². The molecule has 0 radical (unpaired) electrons. The van der Waals surface area contributed by atoms with Crippen LogP contribution in [0.1, 0.15) is 38.8 Å². The second-order valence-electron chi connectivity index (χ2n) is 7.26. The first-order valence-corrected chi connectivity index (χ1v) is 8.45. The third kappa shape index (κ3) is 5.31.